The van der Waals surface area contributed by atoms with Crippen LogP contribution in [-0.2, 0) is 4.79 Å². The van der Waals surface area contributed by atoms with Crippen LogP contribution in [0, 0.1) is 0 Å². The molecule has 0 radical (unpaired) electrons. The third-order valence-corrected chi connectivity index (χ3v) is 4.47. The number of rotatable bonds is 4. The van der Waals surface area contributed by atoms with Crippen LogP contribution in [0.5, 0.6) is 0 Å². The number of hydrogen-bond acceptors (Lipinski definition) is 6. The predicted molar refractivity (Wildman–Crippen MR) is 77.8 cm³/mol. The molecule has 0 aliphatic carbocycles. The third-order valence-electron chi connectivity index (χ3n) is 1.90. The second kappa shape index (κ2) is 6.17. The maximum absolute atomic E-state index is 11.7. The fourth-order valence-electron chi connectivity index (χ4n) is 1.15. The molecule has 8 heteroatoms. The number of halogens is 1. The first-order valence-corrected chi connectivity index (χ1v) is 7.51. The third kappa shape index (κ3) is 3.69. The highest BCUT2D eigenvalue weighted by atomic mass is 79.9. The second-order valence-electron chi connectivity index (χ2n) is 3.22. The van der Waals surface area contributed by atoms with Crippen molar-refractivity contribution in [1.29, 1.82) is 0 Å². The zero-order valence-electron chi connectivity index (χ0n) is 9.09. The molecule has 0 spiro atoms. The summed E-state index contributed by atoms with van der Waals surface area (Å²) in [4.78, 5) is 11.7. The van der Waals surface area contributed by atoms with E-state index >= 15 is 0 Å². The van der Waals surface area contributed by atoms with Gasteiger partial charge < -0.3 is 11.1 Å². The van der Waals surface area contributed by atoms with Crippen LogP contribution >= 0.6 is 39.0 Å². The number of nitrogens with zero attached hydrogens (tertiary/aromatic N) is 2. The molecular weight excluding hydrogens is 336 g/mol. The normalized spacial score (nSPS) is 10.3. The average Bonchev–Trinajstić information content (AvgIpc) is 2.76. The van der Waals surface area contributed by atoms with E-state index in [1.807, 2.05) is 24.3 Å². The Bertz CT molecular complexity index is 560. The van der Waals surface area contributed by atoms with Gasteiger partial charge in [0.05, 0.1) is 11.4 Å². The highest BCUT2D eigenvalue weighted by Crippen LogP contribution is 2.25. The van der Waals surface area contributed by atoms with Crippen LogP contribution in [0.15, 0.2) is 33.1 Å². The summed E-state index contributed by atoms with van der Waals surface area (Å²) < 4.78 is 1.54. The van der Waals surface area contributed by atoms with E-state index in [0.717, 1.165) is 10.2 Å². The Kier molecular flexibility index (Phi) is 4.56. The lowest BCUT2D eigenvalue weighted by Gasteiger charge is -2.05. The van der Waals surface area contributed by atoms with Gasteiger partial charge in [0.1, 0.15) is 0 Å². The van der Waals surface area contributed by atoms with E-state index in [1.54, 1.807) is 0 Å². The molecule has 1 amide bonds. The Morgan fingerprint density at radius 2 is 2.22 bits per heavy atom. The number of nitrogen functional groups attached to an aromatic ring is 1. The minimum Gasteiger partial charge on any atom is -0.374 e. The van der Waals surface area contributed by atoms with Crippen molar-refractivity contribution in [3.05, 3.63) is 28.7 Å². The lowest BCUT2D eigenvalue weighted by atomic mass is 10.3. The zero-order chi connectivity index (χ0) is 13.0. The molecule has 0 bridgehead atoms. The van der Waals surface area contributed by atoms with Crippen molar-refractivity contribution >= 4 is 55.8 Å². The standard InChI is InChI=1S/C10H9BrN4OS2/c11-6-3-1-2-4-7(6)13-8(16)5-17-10-15-14-9(12)18-10/h1-4H,5H2,(H2,12,14)(H,13,16). The predicted octanol–water partition coefficient (Wildman–Crippen LogP) is 2.61. The summed E-state index contributed by atoms with van der Waals surface area (Å²) in [5.74, 6) is 0.177. The summed E-state index contributed by atoms with van der Waals surface area (Å²) >= 11 is 5.95. The fourth-order valence-corrected chi connectivity index (χ4v) is 2.97. The van der Waals surface area contributed by atoms with E-state index in [1.165, 1.54) is 23.1 Å². The summed E-state index contributed by atoms with van der Waals surface area (Å²) in [5, 5.41) is 10.7. The second-order valence-corrected chi connectivity index (χ2v) is 6.31. The first-order chi connectivity index (χ1) is 8.65. The van der Waals surface area contributed by atoms with Crippen LogP contribution in [0.3, 0.4) is 0 Å². The molecule has 18 heavy (non-hydrogen) atoms. The SMILES string of the molecule is Nc1nnc(SCC(=O)Nc2ccccc2Br)s1. The van der Waals surface area contributed by atoms with E-state index in [4.69, 9.17) is 5.73 Å². The first kappa shape index (κ1) is 13.3. The Labute approximate surface area is 120 Å². The summed E-state index contributed by atoms with van der Waals surface area (Å²) in [7, 11) is 0. The van der Waals surface area contributed by atoms with Gasteiger partial charge >= 0.3 is 0 Å². The molecule has 2 rings (SSSR count). The van der Waals surface area contributed by atoms with E-state index in [-0.39, 0.29) is 11.7 Å². The van der Waals surface area contributed by atoms with Gasteiger partial charge in [0.15, 0.2) is 4.34 Å². The smallest absolute Gasteiger partial charge is 0.234 e. The molecule has 0 aliphatic rings. The maximum atomic E-state index is 11.7. The molecule has 0 atom stereocenters. The van der Waals surface area contributed by atoms with Crippen LogP contribution < -0.4 is 11.1 Å². The van der Waals surface area contributed by atoms with E-state index < -0.39 is 0 Å². The van der Waals surface area contributed by atoms with Crippen LogP contribution in [0.25, 0.3) is 0 Å². The topological polar surface area (TPSA) is 80.9 Å². The van der Waals surface area contributed by atoms with E-state index in [9.17, 15) is 4.79 Å². The molecule has 0 fully saturated rings. The molecule has 5 nitrogen and oxygen atoms in total. The molecule has 94 valence electrons. The van der Waals surface area contributed by atoms with Crippen molar-refractivity contribution in [2.24, 2.45) is 0 Å². The van der Waals surface area contributed by atoms with Gasteiger partial charge in [-0.05, 0) is 28.1 Å². The monoisotopic (exact) mass is 344 g/mol. The molecule has 0 aliphatic heterocycles. The largest absolute Gasteiger partial charge is 0.374 e. The molecule has 1 aromatic carbocycles. The first-order valence-electron chi connectivity index (χ1n) is 4.91. The summed E-state index contributed by atoms with van der Waals surface area (Å²) in [6.45, 7) is 0. The van der Waals surface area contributed by atoms with Crippen molar-refractivity contribution in [3.8, 4) is 0 Å². The average molecular weight is 345 g/mol. The number of carbonyl (C=O) groups is 1. The maximum Gasteiger partial charge on any atom is 0.234 e. The van der Waals surface area contributed by atoms with Gasteiger partial charge in [-0.2, -0.15) is 0 Å². The number of amides is 1. The Morgan fingerprint density at radius 1 is 1.44 bits per heavy atom. The molecule has 0 saturated heterocycles. The van der Waals surface area contributed by atoms with Crippen LogP contribution in [0.4, 0.5) is 10.8 Å². The summed E-state index contributed by atoms with van der Waals surface area (Å²) in [5.41, 5.74) is 6.20. The molecule has 0 saturated carbocycles. The van der Waals surface area contributed by atoms with Gasteiger partial charge in [0, 0.05) is 4.47 Å². The lowest BCUT2D eigenvalue weighted by molar-refractivity contribution is -0.113. The van der Waals surface area contributed by atoms with Crippen molar-refractivity contribution in [1.82, 2.24) is 10.2 Å². The van der Waals surface area contributed by atoms with Gasteiger partial charge in [-0.1, -0.05) is 35.2 Å². The number of benzene rings is 1. The molecule has 1 heterocycles. The number of anilines is 2. The molecule has 1 aromatic heterocycles. The number of thioether (sulfide) groups is 1. The number of para-hydroxylation sites is 1. The lowest BCUT2D eigenvalue weighted by Crippen LogP contribution is -2.14. The van der Waals surface area contributed by atoms with Gasteiger partial charge in [-0.15, -0.1) is 10.2 Å². The van der Waals surface area contributed by atoms with Gasteiger partial charge in [-0.25, -0.2) is 0 Å². The zero-order valence-corrected chi connectivity index (χ0v) is 12.3. The van der Waals surface area contributed by atoms with Crippen LogP contribution in [0.1, 0.15) is 0 Å². The molecule has 0 unspecified atom stereocenters. The van der Waals surface area contributed by atoms with E-state index in [2.05, 4.69) is 31.4 Å². The van der Waals surface area contributed by atoms with Crippen LogP contribution in [0.2, 0.25) is 0 Å². The number of nitrogens with one attached hydrogen (secondary N) is 1. The number of hydrogen-bond donors (Lipinski definition) is 2. The minimum absolute atomic E-state index is 0.0966. The van der Waals surface area contributed by atoms with Gasteiger partial charge in [0.25, 0.3) is 0 Å². The van der Waals surface area contributed by atoms with Crippen LogP contribution in [-0.4, -0.2) is 21.9 Å². The van der Waals surface area contributed by atoms with Crippen molar-refractivity contribution < 1.29 is 4.79 Å². The molecule has 2 aromatic rings. The van der Waals surface area contributed by atoms with E-state index in [0.29, 0.717) is 9.47 Å². The fraction of sp³-hybridized carbons (Fsp3) is 0.100. The highest BCUT2D eigenvalue weighted by molar-refractivity contribution is 9.10. The summed E-state index contributed by atoms with van der Waals surface area (Å²) in [6, 6.07) is 7.45. The number of aromatic nitrogens is 2. The Morgan fingerprint density at radius 3 is 2.89 bits per heavy atom. The quantitative estimate of drug-likeness (QED) is 0.833. The highest BCUT2D eigenvalue weighted by Gasteiger charge is 2.08. The van der Waals surface area contributed by atoms with Gasteiger partial charge in [-0.3, -0.25) is 4.79 Å². The number of carbonyl (C=O) groups excluding carboxylic acids is 1. The van der Waals surface area contributed by atoms with Crippen molar-refractivity contribution in [2.75, 3.05) is 16.8 Å². The van der Waals surface area contributed by atoms with Crippen molar-refractivity contribution in [3.63, 3.8) is 0 Å². The molecular formula is C10H9BrN4OS2. The number of nitrogens with two attached hydrogens (primary N) is 1. The Balaban J connectivity index is 1.88. The Hall–Kier alpha value is -1.12. The van der Waals surface area contributed by atoms with Gasteiger partial charge in [0.2, 0.25) is 11.0 Å². The summed E-state index contributed by atoms with van der Waals surface area (Å²) in [6.07, 6.45) is 0. The minimum atomic E-state index is -0.0966. The molecule has 3 N–H and O–H groups in total. The van der Waals surface area contributed by atoms with Crippen molar-refractivity contribution in [2.45, 2.75) is 4.34 Å².